The lowest BCUT2D eigenvalue weighted by Crippen LogP contribution is -2.20. The third-order valence-corrected chi connectivity index (χ3v) is 7.13. The van der Waals surface area contributed by atoms with Crippen molar-refractivity contribution in [2.45, 2.75) is 0 Å². The van der Waals surface area contributed by atoms with Gasteiger partial charge in [-0.15, -0.1) is 0 Å². The molecule has 0 aliphatic rings. The van der Waals surface area contributed by atoms with Crippen molar-refractivity contribution in [1.29, 1.82) is 5.26 Å². The Bertz CT molecular complexity index is 1820. The first kappa shape index (κ1) is 25.3. The quantitative estimate of drug-likeness (QED) is 0.212. The van der Waals surface area contributed by atoms with Crippen molar-refractivity contribution < 1.29 is 18.6 Å². The van der Waals surface area contributed by atoms with E-state index in [4.69, 9.17) is 40.5 Å². The van der Waals surface area contributed by atoms with E-state index < -0.39 is 5.56 Å². The molecular weight excluding hydrogens is 576 g/mol. The zero-order chi connectivity index (χ0) is 26.8. The van der Waals surface area contributed by atoms with Crippen LogP contribution >= 0.6 is 27.5 Å². The van der Waals surface area contributed by atoms with Crippen molar-refractivity contribution in [3.63, 3.8) is 0 Å². The molecule has 0 fully saturated rings. The van der Waals surface area contributed by atoms with Crippen molar-refractivity contribution in [2.24, 2.45) is 5.10 Å². The van der Waals surface area contributed by atoms with Crippen LogP contribution in [-0.2, 0) is 0 Å². The Morgan fingerprint density at radius 3 is 2.68 bits per heavy atom. The Morgan fingerprint density at radius 1 is 1.13 bits per heavy atom. The highest BCUT2D eigenvalue weighted by atomic mass is 79.9. The summed E-state index contributed by atoms with van der Waals surface area (Å²) in [5.41, 5.74) is 1.17. The lowest BCUT2D eigenvalue weighted by atomic mass is 10.2. The minimum absolute atomic E-state index is 0.189. The number of fused-ring (bicyclic) bond motifs is 2. The SMILES string of the molecule is COc1cc(C=Nn2c(-c3cc4c(OC)cccc4o3)nc3ccccc3c2=O)c(Br)c(Cl)c1OCC#N. The maximum absolute atomic E-state index is 13.6. The predicted octanol–water partition coefficient (Wildman–Crippen LogP) is 6.03. The minimum atomic E-state index is -0.391. The molecule has 0 radical (unpaired) electrons. The molecular formula is C27H18BrClN4O5. The summed E-state index contributed by atoms with van der Waals surface area (Å²) < 4.78 is 23.9. The fourth-order valence-corrected chi connectivity index (χ4v) is 4.58. The van der Waals surface area contributed by atoms with Gasteiger partial charge in [-0.05, 0) is 52.3 Å². The van der Waals surface area contributed by atoms with Gasteiger partial charge in [0.25, 0.3) is 5.56 Å². The van der Waals surface area contributed by atoms with Gasteiger partial charge in [0, 0.05) is 10.0 Å². The fourth-order valence-electron chi connectivity index (χ4n) is 3.92. The molecule has 2 heterocycles. The Kier molecular flexibility index (Phi) is 7.05. The monoisotopic (exact) mass is 592 g/mol. The average Bonchev–Trinajstić information content (AvgIpc) is 3.38. The lowest BCUT2D eigenvalue weighted by Gasteiger charge is -2.13. The van der Waals surface area contributed by atoms with Crippen molar-refractivity contribution in [2.75, 3.05) is 20.8 Å². The van der Waals surface area contributed by atoms with Gasteiger partial charge < -0.3 is 18.6 Å². The van der Waals surface area contributed by atoms with Crippen LogP contribution in [0.4, 0.5) is 0 Å². The van der Waals surface area contributed by atoms with E-state index in [0.717, 1.165) is 5.39 Å². The van der Waals surface area contributed by atoms with Gasteiger partial charge in [-0.2, -0.15) is 15.0 Å². The predicted molar refractivity (Wildman–Crippen MR) is 148 cm³/mol. The van der Waals surface area contributed by atoms with Gasteiger partial charge in [0.1, 0.15) is 22.4 Å². The molecule has 190 valence electrons. The highest BCUT2D eigenvalue weighted by molar-refractivity contribution is 9.10. The second-order valence-corrected chi connectivity index (χ2v) is 9.04. The Balaban J connectivity index is 1.70. The number of furan rings is 1. The summed E-state index contributed by atoms with van der Waals surface area (Å²) in [5.74, 6) is 1.66. The van der Waals surface area contributed by atoms with Crippen LogP contribution in [0, 0.1) is 11.3 Å². The number of benzene rings is 3. The van der Waals surface area contributed by atoms with Crippen LogP contribution in [0.1, 0.15) is 5.56 Å². The number of halogens is 2. The molecule has 0 saturated heterocycles. The molecule has 0 unspecified atom stereocenters. The summed E-state index contributed by atoms with van der Waals surface area (Å²) >= 11 is 9.92. The third-order valence-electron chi connectivity index (χ3n) is 5.68. The molecule has 11 heteroatoms. The first-order chi connectivity index (χ1) is 18.5. The van der Waals surface area contributed by atoms with Crippen molar-refractivity contribution in [3.8, 4) is 34.9 Å². The Hall–Kier alpha value is -4.33. The van der Waals surface area contributed by atoms with Gasteiger partial charge in [-0.25, -0.2) is 4.98 Å². The van der Waals surface area contributed by atoms with E-state index in [1.165, 1.54) is 18.0 Å². The smallest absolute Gasteiger partial charge is 0.282 e. The van der Waals surface area contributed by atoms with Gasteiger partial charge in [0.15, 0.2) is 23.9 Å². The number of methoxy groups -OCH3 is 2. The van der Waals surface area contributed by atoms with E-state index in [0.29, 0.717) is 43.8 Å². The molecule has 0 N–H and O–H groups in total. The molecule has 3 aromatic carbocycles. The minimum Gasteiger partial charge on any atom is -0.496 e. The van der Waals surface area contributed by atoms with Crippen LogP contribution < -0.4 is 19.8 Å². The molecule has 0 bridgehead atoms. The van der Waals surface area contributed by atoms with Crippen molar-refractivity contribution >= 4 is 55.6 Å². The highest BCUT2D eigenvalue weighted by Gasteiger charge is 2.20. The fraction of sp³-hybridized carbons (Fsp3) is 0.111. The molecule has 9 nitrogen and oxygen atoms in total. The van der Waals surface area contributed by atoms with E-state index >= 15 is 0 Å². The molecule has 0 spiro atoms. The summed E-state index contributed by atoms with van der Waals surface area (Å²) in [6.45, 7) is -0.209. The van der Waals surface area contributed by atoms with Gasteiger partial charge in [0.05, 0.1) is 36.7 Å². The molecule has 0 saturated carbocycles. The molecule has 5 aromatic rings. The van der Waals surface area contributed by atoms with Crippen LogP contribution in [0.15, 0.2) is 73.4 Å². The number of hydrogen-bond acceptors (Lipinski definition) is 8. The standard InChI is InChI=1S/C27H18BrClN4O5/c1-35-19-8-5-9-20-17(19)13-22(38-20)26-32-18-7-4-3-6-16(18)27(34)33(26)31-14-15-12-21(36-2)25(37-11-10-30)24(29)23(15)28/h3-9,12-14H,11H2,1-2H3. The second kappa shape index (κ2) is 10.6. The number of ether oxygens (including phenoxy) is 3. The summed E-state index contributed by atoms with van der Waals surface area (Å²) in [5, 5.41) is 14.6. The first-order valence-corrected chi connectivity index (χ1v) is 12.3. The molecule has 5 rings (SSSR count). The Labute approximate surface area is 229 Å². The summed E-state index contributed by atoms with van der Waals surface area (Å²) in [4.78, 5) is 18.3. The number of hydrogen-bond donors (Lipinski definition) is 0. The molecule has 0 aliphatic carbocycles. The first-order valence-electron chi connectivity index (χ1n) is 11.2. The molecule has 0 aliphatic heterocycles. The Morgan fingerprint density at radius 2 is 1.92 bits per heavy atom. The molecule has 0 atom stereocenters. The normalized spacial score (nSPS) is 11.2. The van der Waals surface area contributed by atoms with Crippen LogP contribution in [-0.4, -0.2) is 36.7 Å². The van der Waals surface area contributed by atoms with E-state index in [9.17, 15) is 4.79 Å². The summed E-state index contributed by atoms with van der Waals surface area (Å²) in [6.07, 6.45) is 1.44. The van der Waals surface area contributed by atoms with E-state index in [2.05, 4.69) is 21.0 Å². The molecule has 38 heavy (non-hydrogen) atoms. The zero-order valence-electron chi connectivity index (χ0n) is 20.1. The number of nitriles is 1. The van der Waals surface area contributed by atoms with Crippen molar-refractivity contribution in [3.05, 3.63) is 80.0 Å². The number of para-hydroxylation sites is 1. The topological polar surface area (TPSA) is 112 Å². The highest BCUT2D eigenvalue weighted by Crippen LogP contribution is 2.42. The van der Waals surface area contributed by atoms with E-state index in [1.54, 1.807) is 49.6 Å². The van der Waals surface area contributed by atoms with Gasteiger partial charge in [0.2, 0.25) is 5.82 Å². The maximum Gasteiger partial charge on any atom is 0.282 e. The lowest BCUT2D eigenvalue weighted by molar-refractivity contribution is 0.329. The van der Waals surface area contributed by atoms with Crippen LogP contribution in [0.5, 0.6) is 17.2 Å². The molecule has 2 aromatic heterocycles. The second-order valence-electron chi connectivity index (χ2n) is 7.87. The third kappa shape index (κ3) is 4.47. The van der Waals surface area contributed by atoms with Crippen LogP contribution in [0.25, 0.3) is 33.5 Å². The van der Waals surface area contributed by atoms with E-state index in [1.807, 2.05) is 18.2 Å². The summed E-state index contributed by atoms with van der Waals surface area (Å²) in [7, 11) is 3.02. The van der Waals surface area contributed by atoms with Gasteiger partial charge in [-0.1, -0.05) is 29.8 Å². The van der Waals surface area contributed by atoms with Crippen LogP contribution in [0.2, 0.25) is 5.02 Å². The number of aromatic nitrogens is 2. The number of nitrogens with zero attached hydrogens (tertiary/aromatic N) is 4. The van der Waals surface area contributed by atoms with E-state index in [-0.39, 0.29) is 23.2 Å². The van der Waals surface area contributed by atoms with Gasteiger partial charge in [-0.3, -0.25) is 4.79 Å². The average molecular weight is 594 g/mol. The molecule has 0 amide bonds. The largest absolute Gasteiger partial charge is 0.496 e. The zero-order valence-corrected chi connectivity index (χ0v) is 22.4. The van der Waals surface area contributed by atoms with Crippen molar-refractivity contribution in [1.82, 2.24) is 9.66 Å². The number of rotatable bonds is 7. The van der Waals surface area contributed by atoms with Gasteiger partial charge >= 0.3 is 0 Å². The maximum atomic E-state index is 13.6. The van der Waals surface area contributed by atoms with Crippen LogP contribution in [0.3, 0.4) is 0 Å². The summed E-state index contributed by atoms with van der Waals surface area (Å²) in [6, 6.07) is 17.7.